The van der Waals surface area contributed by atoms with E-state index in [0.29, 0.717) is 5.84 Å². The second kappa shape index (κ2) is 8.26. The molecule has 0 amide bonds. The summed E-state index contributed by atoms with van der Waals surface area (Å²) < 4.78 is 0. The van der Waals surface area contributed by atoms with Crippen LogP contribution in [0.5, 0.6) is 0 Å². The number of rotatable bonds is 3. The lowest BCUT2D eigenvalue weighted by molar-refractivity contribution is 0.300. The fourth-order valence-electron chi connectivity index (χ4n) is 2.91. The predicted octanol–water partition coefficient (Wildman–Crippen LogP) is 5.48. The van der Waals surface area contributed by atoms with Gasteiger partial charge in [-0.2, -0.15) is 0 Å². The van der Waals surface area contributed by atoms with Crippen molar-refractivity contribution in [3.8, 4) is 0 Å². The number of allylic oxidation sites excluding steroid dienone is 3. The quantitative estimate of drug-likeness (QED) is 0.445. The summed E-state index contributed by atoms with van der Waals surface area (Å²) >= 11 is 0. The largest absolute Gasteiger partial charge is 0.288 e. The average molecular weight is 353 g/mol. The van der Waals surface area contributed by atoms with E-state index in [2.05, 4.69) is 45.8 Å². The topological polar surface area (TPSA) is 52.3 Å². The smallest absolute Gasteiger partial charge is 0.143 e. The molecule has 1 aliphatic heterocycles. The Balaban J connectivity index is 0.00000163. The van der Waals surface area contributed by atoms with Gasteiger partial charge in [0.05, 0.1) is 5.54 Å². The summed E-state index contributed by atoms with van der Waals surface area (Å²) in [5.74, 6) is 1.09. The molecule has 2 heterocycles. The number of nitrogens with zero attached hydrogens (tertiary/aromatic N) is 3. The first-order valence-corrected chi connectivity index (χ1v) is 9.02. The van der Waals surface area contributed by atoms with Crippen molar-refractivity contribution >= 4 is 11.7 Å². The van der Waals surface area contributed by atoms with Gasteiger partial charge in [-0.15, -0.1) is 0 Å². The summed E-state index contributed by atoms with van der Waals surface area (Å²) in [5, 5.41) is 8.27. The molecule has 0 unspecified atom stereocenters. The summed E-state index contributed by atoms with van der Waals surface area (Å²) in [6, 6.07) is 2.05. The van der Waals surface area contributed by atoms with Crippen molar-refractivity contribution in [2.24, 2.45) is 4.99 Å². The Morgan fingerprint density at radius 1 is 1.19 bits per heavy atom. The number of hydrogen-bond donors (Lipinski definition) is 1. The van der Waals surface area contributed by atoms with E-state index in [1.165, 1.54) is 5.56 Å². The standard InChI is InChI=1S/C20H26N4.C2H6/c1-8-10-15(9-2)24(14(3)21)18-16-13-22-12-11-17(16)19(4,5)20(6,7)23-18;1-2/h8-13,21H,1-2H2,3-7H3;1-2H3/b15-10+,21-14?;. The molecular weight excluding hydrogens is 320 g/mol. The van der Waals surface area contributed by atoms with E-state index in [-0.39, 0.29) is 11.0 Å². The molecule has 0 spiro atoms. The highest BCUT2D eigenvalue weighted by atomic mass is 15.2. The third-order valence-electron chi connectivity index (χ3n) is 4.95. The third kappa shape index (κ3) is 3.69. The maximum atomic E-state index is 8.27. The molecule has 1 aromatic heterocycles. The monoisotopic (exact) mass is 352 g/mol. The lowest BCUT2D eigenvalue weighted by Gasteiger charge is -2.45. The highest BCUT2D eigenvalue weighted by Crippen LogP contribution is 2.43. The maximum Gasteiger partial charge on any atom is 0.143 e. The normalized spacial score (nSPS) is 17.0. The first-order valence-electron chi connectivity index (χ1n) is 9.02. The van der Waals surface area contributed by atoms with E-state index < -0.39 is 0 Å². The minimum atomic E-state index is -0.329. The number of aliphatic imine (C=N–C) groups is 1. The van der Waals surface area contributed by atoms with Crippen LogP contribution in [0, 0.1) is 5.41 Å². The number of aromatic nitrogens is 1. The zero-order valence-electron chi connectivity index (χ0n) is 17.2. The Kier molecular flexibility index (Phi) is 6.85. The van der Waals surface area contributed by atoms with Crippen LogP contribution < -0.4 is 0 Å². The van der Waals surface area contributed by atoms with Gasteiger partial charge < -0.3 is 0 Å². The lowest BCUT2D eigenvalue weighted by atomic mass is 9.67. The second-order valence-electron chi connectivity index (χ2n) is 6.99. The zero-order valence-corrected chi connectivity index (χ0v) is 17.2. The fraction of sp³-hybridized carbons (Fsp3) is 0.409. The van der Waals surface area contributed by atoms with Gasteiger partial charge in [-0.1, -0.05) is 46.9 Å². The van der Waals surface area contributed by atoms with E-state index in [4.69, 9.17) is 10.4 Å². The highest BCUT2D eigenvalue weighted by molar-refractivity contribution is 6.11. The summed E-state index contributed by atoms with van der Waals surface area (Å²) in [6.07, 6.45) is 8.88. The molecule has 0 aliphatic carbocycles. The van der Waals surface area contributed by atoms with Crippen LogP contribution in [0.3, 0.4) is 0 Å². The van der Waals surface area contributed by atoms with Gasteiger partial charge in [-0.25, -0.2) is 0 Å². The summed E-state index contributed by atoms with van der Waals surface area (Å²) in [7, 11) is 0. The van der Waals surface area contributed by atoms with Gasteiger partial charge in [0.25, 0.3) is 0 Å². The van der Waals surface area contributed by atoms with Crippen LogP contribution in [0.2, 0.25) is 0 Å². The SMILES string of the molecule is C=C/C=C(\C=C)N(C(C)=N)C1=NC(C)(C)C(C)(C)c2ccncc21.CC. The van der Waals surface area contributed by atoms with Crippen LogP contribution in [0.15, 0.2) is 60.5 Å². The number of nitrogens with one attached hydrogen (secondary N) is 1. The molecule has 0 atom stereocenters. The molecule has 140 valence electrons. The van der Waals surface area contributed by atoms with E-state index in [9.17, 15) is 0 Å². The molecule has 0 aromatic carbocycles. The van der Waals surface area contributed by atoms with E-state index in [1.54, 1.807) is 24.0 Å². The van der Waals surface area contributed by atoms with Gasteiger partial charge >= 0.3 is 0 Å². The molecule has 0 saturated heterocycles. The van der Waals surface area contributed by atoms with Crippen molar-refractivity contribution in [1.82, 2.24) is 9.88 Å². The van der Waals surface area contributed by atoms with Crippen LogP contribution in [0.25, 0.3) is 0 Å². The highest BCUT2D eigenvalue weighted by Gasteiger charge is 2.45. The van der Waals surface area contributed by atoms with E-state index in [1.807, 2.05) is 38.4 Å². The Labute approximate surface area is 158 Å². The molecule has 0 bridgehead atoms. The first kappa shape index (κ1) is 21.6. The van der Waals surface area contributed by atoms with Crippen molar-refractivity contribution in [1.29, 1.82) is 5.41 Å². The van der Waals surface area contributed by atoms with Crippen LogP contribution in [-0.2, 0) is 5.41 Å². The number of pyridine rings is 1. The Bertz CT molecular complexity index is 751. The fourth-order valence-corrected chi connectivity index (χ4v) is 2.91. The molecule has 1 aliphatic rings. The molecule has 2 rings (SSSR count). The molecule has 1 N–H and O–H groups in total. The third-order valence-corrected chi connectivity index (χ3v) is 4.95. The lowest BCUT2D eigenvalue weighted by Crippen LogP contribution is -2.49. The molecule has 0 fully saturated rings. The molecule has 26 heavy (non-hydrogen) atoms. The Morgan fingerprint density at radius 3 is 2.31 bits per heavy atom. The number of amidine groups is 2. The molecule has 0 radical (unpaired) electrons. The summed E-state index contributed by atoms with van der Waals surface area (Å²) in [4.78, 5) is 11.1. The molecular formula is C22H32N4. The van der Waals surface area contributed by atoms with Gasteiger partial charge in [0.1, 0.15) is 11.7 Å². The summed E-state index contributed by atoms with van der Waals surface area (Å²) in [6.45, 7) is 22.0. The Hall–Kier alpha value is -2.49. The zero-order chi connectivity index (χ0) is 20.1. The van der Waals surface area contributed by atoms with E-state index in [0.717, 1.165) is 17.1 Å². The van der Waals surface area contributed by atoms with Crippen molar-refractivity contribution in [3.05, 3.63) is 66.7 Å². The van der Waals surface area contributed by atoms with Gasteiger partial charge in [-0.3, -0.25) is 20.3 Å². The number of hydrogen-bond acceptors (Lipinski definition) is 3. The van der Waals surface area contributed by atoms with Crippen molar-refractivity contribution in [3.63, 3.8) is 0 Å². The van der Waals surface area contributed by atoms with Crippen molar-refractivity contribution in [2.75, 3.05) is 0 Å². The Morgan fingerprint density at radius 2 is 1.81 bits per heavy atom. The average Bonchev–Trinajstić information content (AvgIpc) is 2.60. The van der Waals surface area contributed by atoms with Gasteiger partial charge in [0.15, 0.2) is 0 Å². The van der Waals surface area contributed by atoms with Crippen molar-refractivity contribution in [2.45, 2.75) is 59.4 Å². The van der Waals surface area contributed by atoms with Gasteiger partial charge in [0.2, 0.25) is 0 Å². The summed E-state index contributed by atoms with van der Waals surface area (Å²) in [5.41, 5.74) is 2.42. The maximum absolute atomic E-state index is 8.27. The first-order chi connectivity index (χ1) is 12.2. The molecule has 4 nitrogen and oxygen atoms in total. The minimum absolute atomic E-state index is 0.146. The second-order valence-corrected chi connectivity index (χ2v) is 6.99. The molecule has 1 aromatic rings. The minimum Gasteiger partial charge on any atom is -0.288 e. The van der Waals surface area contributed by atoms with Crippen LogP contribution in [0.1, 0.15) is 59.6 Å². The molecule has 0 saturated carbocycles. The number of fused-ring (bicyclic) bond motifs is 1. The van der Waals surface area contributed by atoms with Gasteiger partial charge in [0, 0.05) is 29.1 Å². The molecule has 4 heteroatoms. The van der Waals surface area contributed by atoms with Crippen LogP contribution in [-0.4, -0.2) is 27.1 Å². The van der Waals surface area contributed by atoms with Crippen LogP contribution in [0.4, 0.5) is 0 Å². The van der Waals surface area contributed by atoms with Crippen LogP contribution >= 0.6 is 0 Å². The van der Waals surface area contributed by atoms with E-state index >= 15 is 0 Å². The van der Waals surface area contributed by atoms with Gasteiger partial charge in [-0.05, 0) is 44.6 Å². The van der Waals surface area contributed by atoms with Crippen molar-refractivity contribution < 1.29 is 0 Å². The predicted molar refractivity (Wildman–Crippen MR) is 113 cm³/mol.